The molecule has 3 unspecified atom stereocenters. The van der Waals surface area contributed by atoms with Crippen molar-refractivity contribution in [1.82, 2.24) is 5.32 Å². The van der Waals surface area contributed by atoms with Crippen LogP contribution in [0.3, 0.4) is 0 Å². The summed E-state index contributed by atoms with van der Waals surface area (Å²) in [5.74, 6) is 0.132. The van der Waals surface area contributed by atoms with Crippen LogP contribution in [-0.4, -0.2) is 23.9 Å². The number of non-ortho nitro benzene ring substituents is 1. The van der Waals surface area contributed by atoms with E-state index in [-0.39, 0.29) is 29.0 Å². The van der Waals surface area contributed by atoms with Crippen LogP contribution in [0, 0.1) is 27.4 Å². The molecule has 136 valence electrons. The Morgan fingerprint density at radius 3 is 2.85 bits per heavy atom. The summed E-state index contributed by atoms with van der Waals surface area (Å²) in [5, 5.41) is 13.9. The van der Waals surface area contributed by atoms with Crippen molar-refractivity contribution in [2.45, 2.75) is 32.1 Å². The summed E-state index contributed by atoms with van der Waals surface area (Å²) in [7, 11) is 1.43. The third-order valence-corrected chi connectivity index (χ3v) is 6.00. The molecule has 3 atom stereocenters. The SMILES string of the molecule is COC(=O)C12CC3=C(NC(=O)c4cccc([N+](=O)[O-])c4)C(CC(C3)C1)C2. The lowest BCUT2D eigenvalue weighted by Gasteiger charge is -2.53. The minimum Gasteiger partial charge on any atom is -0.469 e. The number of carbonyl (C=O) groups excluding carboxylic acids is 2. The monoisotopic (exact) mass is 356 g/mol. The Morgan fingerprint density at radius 1 is 1.35 bits per heavy atom. The zero-order valence-corrected chi connectivity index (χ0v) is 14.5. The van der Waals surface area contributed by atoms with Crippen LogP contribution in [0.5, 0.6) is 0 Å². The molecule has 4 bridgehead atoms. The van der Waals surface area contributed by atoms with E-state index < -0.39 is 10.3 Å². The zero-order chi connectivity index (χ0) is 18.5. The first-order valence-corrected chi connectivity index (χ1v) is 8.78. The molecule has 26 heavy (non-hydrogen) atoms. The molecule has 5 rings (SSSR count). The van der Waals surface area contributed by atoms with E-state index in [1.807, 2.05) is 0 Å². The molecule has 4 aliphatic rings. The first-order valence-electron chi connectivity index (χ1n) is 8.78. The third kappa shape index (κ3) is 2.58. The van der Waals surface area contributed by atoms with Gasteiger partial charge in [-0.25, -0.2) is 0 Å². The van der Waals surface area contributed by atoms with Crippen LogP contribution in [-0.2, 0) is 9.53 Å². The van der Waals surface area contributed by atoms with E-state index in [9.17, 15) is 19.7 Å². The highest BCUT2D eigenvalue weighted by Gasteiger charge is 2.55. The number of nitro groups is 1. The van der Waals surface area contributed by atoms with Crippen molar-refractivity contribution in [3.05, 3.63) is 51.2 Å². The fourth-order valence-corrected chi connectivity index (χ4v) is 5.12. The van der Waals surface area contributed by atoms with Gasteiger partial charge in [-0.15, -0.1) is 0 Å². The Hall–Kier alpha value is -2.70. The number of methoxy groups -OCH3 is 1. The summed E-state index contributed by atoms with van der Waals surface area (Å²) >= 11 is 0. The van der Waals surface area contributed by atoms with Crippen LogP contribution in [0.2, 0.25) is 0 Å². The van der Waals surface area contributed by atoms with Gasteiger partial charge in [0, 0.05) is 29.3 Å². The number of nitrogens with zero attached hydrogens (tertiary/aromatic N) is 1. The number of carbonyl (C=O) groups is 2. The summed E-state index contributed by atoms with van der Waals surface area (Å²) < 4.78 is 5.04. The second kappa shape index (κ2) is 5.93. The van der Waals surface area contributed by atoms with Crippen molar-refractivity contribution in [3.63, 3.8) is 0 Å². The van der Waals surface area contributed by atoms with Crippen molar-refractivity contribution < 1.29 is 19.2 Å². The van der Waals surface area contributed by atoms with Crippen LogP contribution in [0.15, 0.2) is 35.5 Å². The maximum Gasteiger partial charge on any atom is 0.312 e. The number of nitrogens with one attached hydrogen (secondary N) is 1. The van der Waals surface area contributed by atoms with E-state index in [2.05, 4.69) is 5.32 Å². The predicted molar refractivity (Wildman–Crippen MR) is 92.1 cm³/mol. The van der Waals surface area contributed by atoms with E-state index in [0.29, 0.717) is 18.8 Å². The number of allylic oxidation sites excluding steroid dienone is 2. The molecular weight excluding hydrogens is 336 g/mol. The highest BCUT2D eigenvalue weighted by molar-refractivity contribution is 5.96. The maximum atomic E-state index is 12.6. The highest BCUT2D eigenvalue weighted by atomic mass is 16.6. The molecular formula is C19H20N2O5. The molecule has 2 saturated carbocycles. The Bertz CT molecular complexity index is 846. The molecule has 1 N–H and O–H groups in total. The Kier molecular flexibility index (Phi) is 3.82. The molecule has 7 heteroatoms. The Morgan fingerprint density at radius 2 is 2.15 bits per heavy atom. The van der Waals surface area contributed by atoms with Crippen LogP contribution in [0.4, 0.5) is 5.69 Å². The summed E-state index contributed by atoms with van der Waals surface area (Å²) in [6.45, 7) is 0. The number of hydrogen-bond donors (Lipinski definition) is 1. The van der Waals surface area contributed by atoms with Gasteiger partial charge in [-0.1, -0.05) is 6.07 Å². The lowest BCUT2D eigenvalue weighted by molar-refractivity contribution is -0.384. The van der Waals surface area contributed by atoms with Crippen molar-refractivity contribution in [3.8, 4) is 0 Å². The van der Waals surface area contributed by atoms with Crippen molar-refractivity contribution >= 4 is 17.6 Å². The topological polar surface area (TPSA) is 98.5 Å². The van der Waals surface area contributed by atoms with Gasteiger partial charge in [-0.3, -0.25) is 19.7 Å². The lowest BCUT2D eigenvalue weighted by atomic mass is 9.52. The summed E-state index contributed by atoms with van der Waals surface area (Å²) in [5.41, 5.74) is 1.77. The molecule has 0 heterocycles. The van der Waals surface area contributed by atoms with Crippen LogP contribution < -0.4 is 5.32 Å². The van der Waals surface area contributed by atoms with Gasteiger partial charge in [0.1, 0.15) is 0 Å². The Labute approximate surface area is 150 Å². The summed E-state index contributed by atoms with van der Waals surface area (Å²) in [6.07, 6.45) is 4.07. The van der Waals surface area contributed by atoms with Crippen LogP contribution in [0.25, 0.3) is 0 Å². The van der Waals surface area contributed by atoms with Gasteiger partial charge in [0.2, 0.25) is 0 Å². The molecule has 0 aromatic heterocycles. The molecule has 7 nitrogen and oxygen atoms in total. The summed E-state index contributed by atoms with van der Waals surface area (Å²) in [6, 6.07) is 5.72. The third-order valence-electron chi connectivity index (χ3n) is 6.00. The number of benzene rings is 1. The number of esters is 1. The lowest BCUT2D eigenvalue weighted by Crippen LogP contribution is -2.50. The van der Waals surface area contributed by atoms with Gasteiger partial charge in [-0.2, -0.15) is 0 Å². The number of ether oxygens (including phenoxy) is 1. The average Bonchev–Trinajstić information content (AvgIpc) is 2.63. The van der Waals surface area contributed by atoms with Crippen LogP contribution >= 0.6 is 0 Å². The molecule has 4 aliphatic carbocycles. The minimum atomic E-state index is -0.512. The van der Waals surface area contributed by atoms with Crippen molar-refractivity contribution in [1.29, 1.82) is 0 Å². The maximum absolute atomic E-state index is 12.6. The van der Waals surface area contributed by atoms with Gasteiger partial charge < -0.3 is 10.1 Å². The standard InChI is InChI=1S/C19H20N2O5/c1-26-18(23)19-8-11-5-13(9-19)16(14(6-11)10-19)20-17(22)12-3-2-4-15(7-12)21(24)25/h2-4,7,11,13H,5-6,8-10H2,1H3,(H,20,22). The minimum absolute atomic E-state index is 0.106. The number of rotatable bonds is 4. The fourth-order valence-electron chi connectivity index (χ4n) is 5.12. The number of amides is 1. The predicted octanol–water partition coefficient (Wildman–Crippen LogP) is 2.96. The Balaban J connectivity index is 1.60. The van der Waals surface area contributed by atoms with Crippen molar-refractivity contribution in [2.24, 2.45) is 17.3 Å². The quantitative estimate of drug-likeness (QED) is 0.508. The second-order valence-electron chi connectivity index (χ2n) is 7.64. The molecule has 0 radical (unpaired) electrons. The summed E-state index contributed by atoms with van der Waals surface area (Å²) in [4.78, 5) is 35.3. The van der Waals surface area contributed by atoms with E-state index in [1.165, 1.54) is 25.3 Å². The molecule has 1 amide bonds. The first kappa shape index (κ1) is 16.8. The number of hydrogen-bond acceptors (Lipinski definition) is 5. The first-order chi connectivity index (χ1) is 12.4. The second-order valence-corrected chi connectivity index (χ2v) is 7.64. The number of nitro benzene ring substituents is 1. The van der Waals surface area contributed by atoms with E-state index in [0.717, 1.165) is 30.5 Å². The van der Waals surface area contributed by atoms with Crippen LogP contribution in [0.1, 0.15) is 42.5 Å². The van der Waals surface area contributed by atoms with Gasteiger partial charge in [0.25, 0.3) is 11.6 Å². The largest absolute Gasteiger partial charge is 0.469 e. The van der Waals surface area contributed by atoms with Gasteiger partial charge in [0.15, 0.2) is 0 Å². The smallest absolute Gasteiger partial charge is 0.312 e. The molecule has 2 fully saturated rings. The van der Waals surface area contributed by atoms with E-state index in [1.54, 1.807) is 6.07 Å². The molecule has 0 spiro atoms. The van der Waals surface area contributed by atoms with Gasteiger partial charge in [0.05, 0.1) is 17.4 Å². The molecule has 0 aliphatic heterocycles. The van der Waals surface area contributed by atoms with E-state index >= 15 is 0 Å². The average molecular weight is 356 g/mol. The zero-order valence-electron chi connectivity index (χ0n) is 14.5. The fraction of sp³-hybridized carbons (Fsp3) is 0.474. The highest BCUT2D eigenvalue weighted by Crippen LogP contribution is 2.59. The molecule has 0 saturated heterocycles. The van der Waals surface area contributed by atoms with Gasteiger partial charge in [-0.05, 0) is 49.7 Å². The van der Waals surface area contributed by atoms with E-state index in [4.69, 9.17) is 4.74 Å². The molecule has 1 aromatic carbocycles. The normalized spacial score (nSPS) is 28.8. The molecule has 1 aromatic rings. The van der Waals surface area contributed by atoms with Crippen molar-refractivity contribution in [2.75, 3.05) is 7.11 Å². The van der Waals surface area contributed by atoms with Gasteiger partial charge >= 0.3 is 5.97 Å².